The highest BCUT2D eigenvalue weighted by atomic mass is 32.2. The topological polar surface area (TPSA) is 76.1 Å². The lowest BCUT2D eigenvalue weighted by Crippen LogP contribution is -2.13. The fraction of sp³-hybridized carbons (Fsp3) is 0.167. The lowest BCUT2D eigenvalue weighted by atomic mass is 10.2. The highest BCUT2D eigenvalue weighted by molar-refractivity contribution is 8.01. The van der Waals surface area contributed by atoms with E-state index >= 15 is 0 Å². The molecule has 1 heterocycles. The minimum absolute atomic E-state index is 0.0706. The lowest BCUT2D eigenvalue weighted by molar-refractivity contribution is -0.113. The largest absolute Gasteiger partial charge is 0.497 e. The summed E-state index contributed by atoms with van der Waals surface area (Å²) in [4.78, 5) is 12.0. The van der Waals surface area contributed by atoms with Gasteiger partial charge in [0.1, 0.15) is 5.75 Å². The van der Waals surface area contributed by atoms with Gasteiger partial charge in [0.25, 0.3) is 0 Å². The third-order valence-electron chi connectivity index (χ3n) is 3.41. The molecule has 0 aliphatic rings. The Morgan fingerprint density at radius 3 is 2.46 bits per heavy atom. The van der Waals surface area contributed by atoms with Crippen molar-refractivity contribution in [2.75, 3.05) is 23.5 Å². The summed E-state index contributed by atoms with van der Waals surface area (Å²) in [6.45, 7) is 2.01. The monoisotopic (exact) mass is 386 g/mol. The van der Waals surface area contributed by atoms with Crippen molar-refractivity contribution in [2.24, 2.45) is 0 Å². The zero-order valence-electron chi connectivity index (χ0n) is 14.4. The van der Waals surface area contributed by atoms with E-state index in [1.807, 2.05) is 55.5 Å². The first-order valence-electron chi connectivity index (χ1n) is 7.86. The molecule has 0 aliphatic heterocycles. The van der Waals surface area contributed by atoms with Gasteiger partial charge in [-0.25, -0.2) is 0 Å². The van der Waals surface area contributed by atoms with E-state index in [9.17, 15) is 4.79 Å². The molecule has 0 spiro atoms. The van der Waals surface area contributed by atoms with Crippen molar-refractivity contribution >= 4 is 45.5 Å². The summed E-state index contributed by atoms with van der Waals surface area (Å²) in [6, 6.07) is 15.3. The van der Waals surface area contributed by atoms with E-state index in [4.69, 9.17) is 4.74 Å². The Morgan fingerprint density at radius 1 is 1.08 bits per heavy atom. The van der Waals surface area contributed by atoms with E-state index in [-0.39, 0.29) is 11.7 Å². The molecular weight excluding hydrogens is 368 g/mol. The predicted octanol–water partition coefficient (Wildman–Crippen LogP) is 4.33. The van der Waals surface area contributed by atoms with Crippen molar-refractivity contribution in [3.63, 3.8) is 0 Å². The van der Waals surface area contributed by atoms with E-state index in [1.165, 1.54) is 23.1 Å². The molecule has 0 atom stereocenters. The van der Waals surface area contributed by atoms with Crippen LogP contribution in [-0.2, 0) is 4.79 Å². The summed E-state index contributed by atoms with van der Waals surface area (Å²) < 4.78 is 5.87. The Balaban J connectivity index is 1.49. The van der Waals surface area contributed by atoms with Crippen molar-refractivity contribution in [2.45, 2.75) is 11.3 Å². The Labute approximate surface area is 160 Å². The number of amides is 1. The fourth-order valence-corrected chi connectivity index (χ4v) is 3.65. The van der Waals surface area contributed by atoms with E-state index in [0.29, 0.717) is 5.13 Å². The third kappa shape index (κ3) is 5.21. The SMILES string of the molecule is COc1ccc(Nc2nnc(SCC(=O)Nc3ccc(C)cc3)s2)cc1. The molecule has 0 saturated heterocycles. The van der Waals surface area contributed by atoms with Crippen LogP contribution in [0.25, 0.3) is 0 Å². The van der Waals surface area contributed by atoms with Crippen molar-refractivity contribution in [3.8, 4) is 5.75 Å². The highest BCUT2D eigenvalue weighted by Crippen LogP contribution is 2.28. The minimum atomic E-state index is -0.0706. The second kappa shape index (κ2) is 8.68. The molecule has 0 saturated carbocycles. The van der Waals surface area contributed by atoms with Crippen LogP contribution in [-0.4, -0.2) is 29.0 Å². The first-order chi connectivity index (χ1) is 12.6. The molecule has 0 fully saturated rings. The number of thioether (sulfide) groups is 1. The Bertz CT molecular complexity index is 864. The lowest BCUT2D eigenvalue weighted by Gasteiger charge is -2.04. The third-order valence-corrected chi connectivity index (χ3v) is 5.38. The number of rotatable bonds is 7. The Hall–Kier alpha value is -2.58. The molecule has 3 aromatic rings. The van der Waals surface area contributed by atoms with Crippen molar-refractivity contribution in [1.82, 2.24) is 10.2 Å². The maximum atomic E-state index is 12.0. The molecule has 0 bridgehead atoms. The highest BCUT2D eigenvalue weighted by Gasteiger charge is 2.09. The Morgan fingerprint density at radius 2 is 1.77 bits per heavy atom. The van der Waals surface area contributed by atoms with Gasteiger partial charge in [0, 0.05) is 11.4 Å². The fourth-order valence-electron chi connectivity index (χ4n) is 2.08. The standard InChI is InChI=1S/C18H18N4O2S2/c1-12-3-5-13(6-4-12)19-16(23)11-25-18-22-21-17(26-18)20-14-7-9-15(24-2)10-8-14/h3-10H,11H2,1-2H3,(H,19,23)(H,20,21). The van der Waals surface area contributed by atoms with E-state index < -0.39 is 0 Å². The van der Waals surface area contributed by atoms with Crippen LogP contribution in [0, 0.1) is 6.92 Å². The van der Waals surface area contributed by atoms with Crippen LogP contribution in [0.1, 0.15) is 5.56 Å². The van der Waals surface area contributed by atoms with Crippen LogP contribution in [0.5, 0.6) is 5.75 Å². The summed E-state index contributed by atoms with van der Waals surface area (Å²) in [7, 11) is 1.63. The number of hydrogen-bond donors (Lipinski definition) is 2. The smallest absolute Gasteiger partial charge is 0.234 e. The molecule has 8 heteroatoms. The molecule has 1 amide bonds. The quantitative estimate of drug-likeness (QED) is 0.589. The number of aromatic nitrogens is 2. The molecule has 2 N–H and O–H groups in total. The number of ether oxygens (including phenoxy) is 1. The number of carbonyl (C=O) groups excluding carboxylic acids is 1. The van der Waals surface area contributed by atoms with Crippen LogP contribution in [0.3, 0.4) is 0 Å². The number of carbonyl (C=O) groups is 1. The summed E-state index contributed by atoms with van der Waals surface area (Å²) in [5.41, 5.74) is 2.85. The average molecular weight is 387 g/mol. The number of aryl methyl sites for hydroxylation is 1. The van der Waals surface area contributed by atoms with Gasteiger partial charge in [-0.3, -0.25) is 4.79 Å². The average Bonchev–Trinajstić information content (AvgIpc) is 3.10. The molecule has 2 aromatic carbocycles. The van der Waals surface area contributed by atoms with E-state index in [2.05, 4.69) is 20.8 Å². The van der Waals surface area contributed by atoms with Gasteiger partial charge in [-0.1, -0.05) is 40.8 Å². The molecular formula is C18H18N4O2S2. The van der Waals surface area contributed by atoms with Crippen molar-refractivity contribution < 1.29 is 9.53 Å². The molecule has 26 heavy (non-hydrogen) atoms. The van der Waals surface area contributed by atoms with Crippen molar-refractivity contribution in [3.05, 3.63) is 54.1 Å². The van der Waals surface area contributed by atoms with Crippen LogP contribution >= 0.6 is 23.1 Å². The number of anilines is 3. The second-order valence-electron chi connectivity index (χ2n) is 5.43. The number of nitrogens with zero attached hydrogens (tertiary/aromatic N) is 2. The molecule has 0 unspecified atom stereocenters. The normalized spacial score (nSPS) is 10.4. The van der Waals surface area contributed by atoms with Gasteiger partial charge in [0.15, 0.2) is 4.34 Å². The first kappa shape index (κ1) is 18.2. The van der Waals surface area contributed by atoms with Crippen molar-refractivity contribution in [1.29, 1.82) is 0 Å². The van der Waals surface area contributed by atoms with E-state index in [1.54, 1.807) is 7.11 Å². The second-order valence-corrected chi connectivity index (χ2v) is 7.63. The van der Waals surface area contributed by atoms with Gasteiger partial charge >= 0.3 is 0 Å². The van der Waals surface area contributed by atoms with Crippen LogP contribution in [0.2, 0.25) is 0 Å². The summed E-state index contributed by atoms with van der Waals surface area (Å²) in [6.07, 6.45) is 0. The van der Waals surface area contributed by atoms with Gasteiger partial charge in [-0.05, 0) is 43.3 Å². The maximum absolute atomic E-state index is 12.0. The minimum Gasteiger partial charge on any atom is -0.497 e. The molecule has 1 aromatic heterocycles. The van der Waals surface area contributed by atoms with Gasteiger partial charge in [0.05, 0.1) is 12.9 Å². The number of hydrogen-bond acceptors (Lipinski definition) is 7. The predicted molar refractivity (Wildman–Crippen MR) is 107 cm³/mol. The van der Waals surface area contributed by atoms with Gasteiger partial charge in [-0.2, -0.15) is 0 Å². The van der Waals surface area contributed by atoms with E-state index in [0.717, 1.165) is 27.0 Å². The zero-order valence-corrected chi connectivity index (χ0v) is 16.0. The number of methoxy groups -OCH3 is 1. The van der Waals surface area contributed by atoms with Gasteiger partial charge < -0.3 is 15.4 Å². The summed E-state index contributed by atoms with van der Waals surface area (Å²) in [5, 5.41) is 14.9. The van der Waals surface area contributed by atoms with Crippen LogP contribution < -0.4 is 15.4 Å². The number of benzene rings is 2. The zero-order chi connectivity index (χ0) is 18.4. The summed E-state index contributed by atoms with van der Waals surface area (Å²) >= 11 is 2.77. The van der Waals surface area contributed by atoms with Gasteiger partial charge in [-0.15, -0.1) is 10.2 Å². The molecule has 134 valence electrons. The van der Waals surface area contributed by atoms with Crippen LogP contribution in [0.4, 0.5) is 16.5 Å². The maximum Gasteiger partial charge on any atom is 0.234 e. The van der Waals surface area contributed by atoms with Crippen LogP contribution in [0.15, 0.2) is 52.9 Å². The van der Waals surface area contributed by atoms with Gasteiger partial charge in [0.2, 0.25) is 11.0 Å². The number of nitrogens with one attached hydrogen (secondary N) is 2. The molecule has 3 rings (SSSR count). The molecule has 6 nitrogen and oxygen atoms in total. The summed E-state index contributed by atoms with van der Waals surface area (Å²) in [5.74, 6) is 1.01. The molecule has 0 radical (unpaired) electrons. The molecule has 0 aliphatic carbocycles. The first-order valence-corrected chi connectivity index (χ1v) is 9.66. The Kier molecular flexibility index (Phi) is 6.08.